The van der Waals surface area contributed by atoms with E-state index < -0.39 is 22.9 Å². The van der Waals surface area contributed by atoms with Crippen LogP contribution in [0.25, 0.3) is 0 Å². The molecule has 2 N–H and O–H groups in total. The van der Waals surface area contributed by atoms with Gasteiger partial charge in [0.1, 0.15) is 0 Å². The highest BCUT2D eigenvalue weighted by atomic mass is 32.2. The fourth-order valence-electron chi connectivity index (χ4n) is 3.38. The number of hydrogen-bond acceptors (Lipinski definition) is 6. The number of nitrogens with zero attached hydrogens (tertiary/aromatic N) is 2. The number of thioether (sulfide) groups is 1. The number of carbonyl (C=O) groups is 1. The summed E-state index contributed by atoms with van der Waals surface area (Å²) in [6, 6.07) is 5.39. The van der Waals surface area contributed by atoms with Gasteiger partial charge in [0, 0.05) is 6.04 Å². The lowest BCUT2D eigenvalue weighted by Crippen LogP contribution is -2.30. The minimum absolute atomic E-state index is 0.105. The molecule has 1 atom stereocenters. The van der Waals surface area contributed by atoms with E-state index in [4.69, 9.17) is 0 Å². The molecule has 1 heterocycles. The molecule has 0 spiro atoms. The molecule has 30 heavy (non-hydrogen) atoms. The minimum Gasteiger partial charge on any atom is -0.357 e. The van der Waals surface area contributed by atoms with Gasteiger partial charge in [0.15, 0.2) is 4.34 Å². The van der Waals surface area contributed by atoms with E-state index in [2.05, 4.69) is 20.8 Å². The Labute approximate surface area is 182 Å². The van der Waals surface area contributed by atoms with E-state index in [1.807, 2.05) is 13.8 Å². The zero-order valence-corrected chi connectivity index (χ0v) is 18.5. The molecule has 1 aromatic carbocycles. The maximum Gasteiger partial charge on any atom is 0.418 e. The van der Waals surface area contributed by atoms with Crippen LogP contribution in [0.15, 0.2) is 28.6 Å². The molecule has 0 aliphatic heterocycles. The van der Waals surface area contributed by atoms with Crippen LogP contribution in [0.4, 0.5) is 24.0 Å². The molecule has 5 nitrogen and oxygen atoms in total. The number of carbonyl (C=O) groups excluding carboxylic acids is 1. The Morgan fingerprint density at radius 1 is 1.17 bits per heavy atom. The molecule has 3 rings (SSSR count). The minimum atomic E-state index is -4.54. The van der Waals surface area contributed by atoms with Crippen LogP contribution in [-0.4, -0.2) is 27.4 Å². The quantitative estimate of drug-likeness (QED) is 0.494. The number of halogens is 3. The van der Waals surface area contributed by atoms with Crippen molar-refractivity contribution in [2.45, 2.75) is 67.8 Å². The van der Waals surface area contributed by atoms with Crippen molar-refractivity contribution in [2.75, 3.05) is 10.6 Å². The predicted molar refractivity (Wildman–Crippen MR) is 115 cm³/mol. The summed E-state index contributed by atoms with van der Waals surface area (Å²) in [5.41, 5.74) is -1.10. The Hall–Kier alpha value is -1.81. The fourth-order valence-corrected chi connectivity index (χ4v) is 5.42. The van der Waals surface area contributed by atoms with Gasteiger partial charge in [0.05, 0.1) is 16.5 Å². The number of rotatable bonds is 7. The van der Waals surface area contributed by atoms with Gasteiger partial charge in [-0.3, -0.25) is 4.79 Å². The molecule has 1 fully saturated rings. The molecule has 2 aromatic rings. The maximum atomic E-state index is 13.2. The number of para-hydroxylation sites is 1. The average molecular weight is 459 g/mol. The monoisotopic (exact) mass is 458 g/mol. The van der Waals surface area contributed by atoms with Crippen molar-refractivity contribution in [3.63, 3.8) is 0 Å². The summed E-state index contributed by atoms with van der Waals surface area (Å²) in [7, 11) is 0. The lowest BCUT2D eigenvalue weighted by Gasteiger charge is -2.22. The first kappa shape index (κ1) is 22.9. The first-order valence-electron chi connectivity index (χ1n) is 9.98. The van der Waals surface area contributed by atoms with Crippen LogP contribution in [0, 0.1) is 5.92 Å². The van der Waals surface area contributed by atoms with Gasteiger partial charge < -0.3 is 10.6 Å². The van der Waals surface area contributed by atoms with Crippen LogP contribution in [0.5, 0.6) is 0 Å². The van der Waals surface area contributed by atoms with Gasteiger partial charge in [-0.1, -0.05) is 68.3 Å². The molecule has 1 aromatic heterocycles. The van der Waals surface area contributed by atoms with E-state index in [-0.39, 0.29) is 11.6 Å². The van der Waals surface area contributed by atoms with E-state index in [0.29, 0.717) is 10.4 Å². The number of amides is 1. The van der Waals surface area contributed by atoms with Crippen LogP contribution in [0.1, 0.15) is 51.5 Å². The van der Waals surface area contributed by atoms with E-state index in [1.54, 1.807) is 0 Å². The first-order valence-corrected chi connectivity index (χ1v) is 11.7. The van der Waals surface area contributed by atoms with Gasteiger partial charge >= 0.3 is 6.18 Å². The van der Waals surface area contributed by atoms with Crippen LogP contribution in [-0.2, 0) is 11.0 Å². The third kappa shape index (κ3) is 6.10. The summed E-state index contributed by atoms with van der Waals surface area (Å²) < 4.78 is 40.3. The smallest absolute Gasteiger partial charge is 0.357 e. The van der Waals surface area contributed by atoms with Gasteiger partial charge in [0.2, 0.25) is 11.0 Å². The van der Waals surface area contributed by atoms with Crippen LogP contribution in [0.2, 0.25) is 0 Å². The molecule has 0 radical (unpaired) electrons. The predicted octanol–water partition coefficient (Wildman–Crippen LogP) is 6.06. The first-order chi connectivity index (χ1) is 14.2. The normalized spacial score (nSPS) is 16.5. The highest BCUT2D eigenvalue weighted by Gasteiger charge is 2.34. The third-order valence-corrected chi connectivity index (χ3v) is 7.40. The van der Waals surface area contributed by atoms with E-state index >= 15 is 0 Å². The lowest BCUT2D eigenvalue weighted by atomic mass is 9.96. The van der Waals surface area contributed by atoms with Crippen molar-refractivity contribution in [3.05, 3.63) is 29.8 Å². The van der Waals surface area contributed by atoms with Crippen molar-refractivity contribution in [3.8, 4) is 0 Å². The van der Waals surface area contributed by atoms with Gasteiger partial charge in [-0.2, -0.15) is 13.2 Å². The number of nitrogens with one attached hydrogen (secondary N) is 2. The van der Waals surface area contributed by atoms with Gasteiger partial charge in [0.25, 0.3) is 0 Å². The van der Waals surface area contributed by atoms with E-state index in [1.165, 1.54) is 60.6 Å². The largest absolute Gasteiger partial charge is 0.418 e. The van der Waals surface area contributed by atoms with Gasteiger partial charge in [-0.05, 0) is 30.9 Å². The SMILES string of the molecule is CC(C)C(Sc1nnc(NC2CCCCC2)s1)C(=O)Nc1ccccc1C(F)(F)F. The molecule has 1 aliphatic rings. The van der Waals surface area contributed by atoms with Crippen LogP contribution >= 0.6 is 23.1 Å². The molecule has 0 bridgehead atoms. The highest BCUT2D eigenvalue weighted by molar-refractivity contribution is 8.02. The van der Waals surface area contributed by atoms with Gasteiger partial charge in [-0.15, -0.1) is 10.2 Å². The third-order valence-electron chi connectivity index (χ3n) is 4.92. The number of anilines is 2. The van der Waals surface area contributed by atoms with Crippen molar-refractivity contribution in [1.82, 2.24) is 10.2 Å². The molecule has 0 saturated heterocycles. The highest BCUT2D eigenvalue weighted by Crippen LogP contribution is 2.37. The summed E-state index contributed by atoms with van der Waals surface area (Å²) in [4.78, 5) is 12.8. The number of hydrogen-bond donors (Lipinski definition) is 2. The topological polar surface area (TPSA) is 66.9 Å². The lowest BCUT2D eigenvalue weighted by molar-refractivity contribution is -0.137. The Kier molecular flexibility index (Phi) is 7.62. The van der Waals surface area contributed by atoms with Crippen molar-refractivity contribution < 1.29 is 18.0 Å². The standard InChI is InChI=1S/C20H25F3N4OS2/c1-12(2)16(17(28)25-15-11-7-6-10-14(15)20(21,22)23)29-19-27-26-18(30-19)24-13-8-4-3-5-9-13/h6-7,10-13,16H,3-5,8-9H2,1-2H3,(H,24,26)(H,25,28). The van der Waals surface area contributed by atoms with E-state index in [0.717, 1.165) is 24.0 Å². The average Bonchev–Trinajstić information content (AvgIpc) is 3.13. The molecule has 1 amide bonds. The summed E-state index contributed by atoms with van der Waals surface area (Å²) in [5, 5.41) is 14.3. The second-order valence-corrected chi connectivity index (χ2v) is 10.0. The molecule has 1 aliphatic carbocycles. The second-order valence-electron chi connectivity index (χ2n) is 7.67. The molecule has 164 valence electrons. The van der Waals surface area contributed by atoms with Crippen LogP contribution in [0.3, 0.4) is 0 Å². The van der Waals surface area contributed by atoms with Crippen molar-refractivity contribution in [1.29, 1.82) is 0 Å². The summed E-state index contributed by atoms with van der Waals surface area (Å²) in [6.45, 7) is 3.71. The number of benzene rings is 1. The fraction of sp³-hybridized carbons (Fsp3) is 0.550. The summed E-state index contributed by atoms with van der Waals surface area (Å²) >= 11 is 2.61. The zero-order valence-electron chi connectivity index (χ0n) is 16.8. The summed E-state index contributed by atoms with van der Waals surface area (Å²) in [6.07, 6.45) is 1.34. The Morgan fingerprint density at radius 3 is 2.53 bits per heavy atom. The molecule has 1 unspecified atom stereocenters. The zero-order chi connectivity index (χ0) is 21.7. The molecular weight excluding hydrogens is 433 g/mol. The molecule has 10 heteroatoms. The Bertz CT molecular complexity index is 851. The van der Waals surface area contributed by atoms with Crippen molar-refractivity contribution >= 4 is 39.8 Å². The number of alkyl halides is 3. The molecule has 1 saturated carbocycles. The Balaban J connectivity index is 1.67. The van der Waals surface area contributed by atoms with E-state index in [9.17, 15) is 18.0 Å². The maximum absolute atomic E-state index is 13.2. The van der Waals surface area contributed by atoms with Crippen molar-refractivity contribution in [2.24, 2.45) is 5.92 Å². The van der Waals surface area contributed by atoms with Gasteiger partial charge in [-0.25, -0.2) is 0 Å². The second kappa shape index (κ2) is 10.00. The van der Waals surface area contributed by atoms with Crippen LogP contribution < -0.4 is 10.6 Å². The Morgan fingerprint density at radius 2 is 1.87 bits per heavy atom. The number of aromatic nitrogens is 2. The molecular formula is C20H25F3N4OS2. The summed E-state index contributed by atoms with van der Waals surface area (Å²) in [5.74, 6) is -0.588.